The second kappa shape index (κ2) is 5.09. The molecule has 1 aliphatic heterocycles. The van der Waals surface area contributed by atoms with Crippen LogP contribution in [0.2, 0.25) is 0 Å². The first-order valence-corrected chi connectivity index (χ1v) is 7.33. The van der Waals surface area contributed by atoms with E-state index in [9.17, 15) is 4.79 Å². The van der Waals surface area contributed by atoms with E-state index in [1.807, 2.05) is 0 Å². The molecule has 1 saturated carbocycles. The van der Waals surface area contributed by atoms with Gasteiger partial charge in [-0.3, -0.25) is 4.79 Å². The zero-order valence-corrected chi connectivity index (χ0v) is 11.3. The third-order valence-electron chi connectivity index (χ3n) is 3.77. The van der Waals surface area contributed by atoms with Crippen molar-refractivity contribution >= 4 is 17.7 Å². The number of hydrogen-bond acceptors (Lipinski definition) is 6. The number of thioether (sulfide) groups is 1. The molecule has 19 heavy (non-hydrogen) atoms. The zero-order valence-electron chi connectivity index (χ0n) is 10.5. The lowest BCUT2D eigenvalue weighted by atomic mass is 9.75. The molecule has 1 saturated heterocycles. The van der Waals surface area contributed by atoms with Crippen molar-refractivity contribution in [3.05, 3.63) is 0 Å². The Kier molecular flexibility index (Phi) is 3.44. The van der Waals surface area contributed by atoms with Crippen molar-refractivity contribution in [1.82, 2.24) is 20.2 Å². The standard InChI is InChI=1S/C11H16N4O3S/c16-9(17)7-15-10(12-13-14-15)19-8-2-5-18-11(6-8)3-1-4-11/h8H,1-7H2,(H,16,17). The smallest absolute Gasteiger partial charge is 0.325 e. The molecule has 2 fully saturated rings. The maximum Gasteiger partial charge on any atom is 0.325 e. The molecule has 1 aliphatic carbocycles. The third kappa shape index (κ3) is 2.74. The van der Waals surface area contributed by atoms with Gasteiger partial charge < -0.3 is 9.84 Å². The van der Waals surface area contributed by atoms with E-state index in [1.165, 1.54) is 11.1 Å². The summed E-state index contributed by atoms with van der Waals surface area (Å²) in [4.78, 5) is 10.7. The van der Waals surface area contributed by atoms with Crippen molar-refractivity contribution in [3.8, 4) is 0 Å². The minimum absolute atomic E-state index is 0.0843. The minimum Gasteiger partial charge on any atom is -0.480 e. The lowest BCUT2D eigenvalue weighted by Gasteiger charge is -2.46. The summed E-state index contributed by atoms with van der Waals surface area (Å²) in [5.74, 6) is -0.934. The highest BCUT2D eigenvalue weighted by Gasteiger charge is 2.43. The SMILES string of the molecule is O=C(O)Cn1nnnc1SC1CCOC2(CCC2)C1. The van der Waals surface area contributed by atoms with Crippen molar-refractivity contribution in [3.63, 3.8) is 0 Å². The van der Waals surface area contributed by atoms with E-state index in [1.54, 1.807) is 11.8 Å². The molecule has 2 heterocycles. The summed E-state index contributed by atoms with van der Waals surface area (Å²) in [6.45, 7) is 0.585. The maximum atomic E-state index is 10.7. The van der Waals surface area contributed by atoms with Gasteiger partial charge in [0, 0.05) is 11.9 Å². The van der Waals surface area contributed by atoms with Crippen LogP contribution >= 0.6 is 11.8 Å². The molecule has 8 heteroatoms. The van der Waals surface area contributed by atoms with Gasteiger partial charge in [0.25, 0.3) is 0 Å². The fourth-order valence-electron chi connectivity index (χ4n) is 2.66. The summed E-state index contributed by atoms with van der Waals surface area (Å²) in [5.41, 5.74) is 0.0843. The van der Waals surface area contributed by atoms with E-state index >= 15 is 0 Å². The van der Waals surface area contributed by atoms with E-state index in [2.05, 4.69) is 15.5 Å². The Morgan fingerprint density at radius 1 is 1.58 bits per heavy atom. The van der Waals surface area contributed by atoms with Crippen molar-refractivity contribution in [2.24, 2.45) is 0 Å². The number of aliphatic carboxylic acids is 1. The highest BCUT2D eigenvalue weighted by atomic mass is 32.2. The van der Waals surface area contributed by atoms with Gasteiger partial charge in [0.15, 0.2) is 0 Å². The van der Waals surface area contributed by atoms with Crippen LogP contribution < -0.4 is 0 Å². The molecule has 1 aromatic rings. The topological polar surface area (TPSA) is 90.1 Å². The highest BCUT2D eigenvalue weighted by Crippen LogP contribution is 2.45. The summed E-state index contributed by atoms with van der Waals surface area (Å²) in [6.07, 6.45) is 5.51. The van der Waals surface area contributed by atoms with Gasteiger partial charge in [-0.25, -0.2) is 4.68 Å². The van der Waals surface area contributed by atoms with Crippen LogP contribution in [-0.4, -0.2) is 48.7 Å². The number of carbonyl (C=O) groups is 1. The van der Waals surface area contributed by atoms with Crippen LogP contribution in [0.4, 0.5) is 0 Å². The molecule has 1 atom stereocenters. The number of nitrogens with zero attached hydrogens (tertiary/aromatic N) is 4. The molecule has 1 spiro atoms. The van der Waals surface area contributed by atoms with Crippen molar-refractivity contribution < 1.29 is 14.6 Å². The average molecular weight is 284 g/mol. The van der Waals surface area contributed by atoms with Gasteiger partial charge in [0.1, 0.15) is 6.54 Å². The number of tetrazole rings is 1. The number of carboxylic acids is 1. The van der Waals surface area contributed by atoms with Gasteiger partial charge in [-0.1, -0.05) is 11.8 Å². The van der Waals surface area contributed by atoms with E-state index < -0.39 is 5.97 Å². The molecule has 7 nitrogen and oxygen atoms in total. The number of rotatable bonds is 4. The van der Waals surface area contributed by atoms with Gasteiger partial charge in [-0.15, -0.1) is 5.10 Å². The van der Waals surface area contributed by atoms with Crippen molar-refractivity contribution in [2.45, 2.75) is 54.7 Å². The first kappa shape index (κ1) is 12.9. The average Bonchev–Trinajstić information content (AvgIpc) is 2.74. The number of ether oxygens (including phenoxy) is 1. The fraction of sp³-hybridized carbons (Fsp3) is 0.818. The van der Waals surface area contributed by atoms with Gasteiger partial charge in [0.2, 0.25) is 5.16 Å². The lowest BCUT2D eigenvalue weighted by Crippen LogP contribution is -2.46. The van der Waals surface area contributed by atoms with Crippen LogP contribution in [0.1, 0.15) is 32.1 Å². The molecule has 104 valence electrons. The Labute approximate surface area is 114 Å². The first-order valence-electron chi connectivity index (χ1n) is 6.45. The van der Waals surface area contributed by atoms with Crippen molar-refractivity contribution in [1.29, 1.82) is 0 Å². The molecule has 1 N–H and O–H groups in total. The Balaban J connectivity index is 1.64. The Morgan fingerprint density at radius 2 is 2.42 bits per heavy atom. The fourth-order valence-corrected chi connectivity index (χ4v) is 3.87. The third-order valence-corrected chi connectivity index (χ3v) is 5.01. The van der Waals surface area contributed by atoms with Gasteiger partial charge in [-0.2, -0.15) is 0 Å². The number of carboxylic acid groups (broad SMARTS) is 1. The Hall–Kier alpha value is -1.15. The van der Waals surface area contributed by atoms with Crippen LogP contribution in [0.3, 0.4) is 0 Å². The monoisotopic (exact) mass is 284 g/mol. The van der Waals surface area contributed by atoms with Gasteiger partial charge in [-0.05, 0) is 42.5 Å². The Bertz CT molecular complexity index is 474. The van der Waals surface area contributed by atoms with E-state index in [4.69, 9.17) is 9.84 Å². The zero-order chi connectivity index (χ0) is 13.3. The maximum absolute atomic E-state index is 10.7. The van der Waals surface area contributed by atoms with E-state index in [-0.39, 0.29) is 12.1 Å². The first-order chi connectivity index (χ1) is 9.17. The van der Waals surface area contributed by atoms with E-state index in [0.717, 1.165) is 32.3 Å². The molecular weight excluding hydrogens is 268 g/mol. The summed E-state index contributed by atoms with van der Waals surface area (Å²) >= 11 is 1.57. The van der Waals surface area contributed by atoms with E-state index in [0.29, 0.717) is 10.4 Å². The molecule has 0 aromatic carbocycles. The normalized spacial score (nSPS) is 25.2. The quantitative estimate of drug-likeness (QED) is 0.880. The van der Waals surface area contributed by atoms with Gasteiger partial charge >= 0.3 is 5.97 Å². The van der Waals surface area contributed by atoms with Gasteiger partial charge in [0.05, 0.1) is 5.60 Å². The van der Waals surface area contributed by atoms with Crippen LogP contribution in [0.15, 0.2) is 5.16 Å². The summed E-state index contributed by atoms with van der Waals surface area (Å²) in [7, 11) is 0. The molecule has 1 aromatic heterocycles. The predicted molar refractivity (Wildman–Crippen MR) is 66.9 cm³/mol. The van der Waals surface area contributed by atoms with Crippen LogP contribution in [-0.2, 0) is 16.1 Å². The largest absolute Gasteiger partial charge is 0.480 e. The van der Waals surface area contributed by atoms with Crippen LogP contribution in [0, 0.1) is 0 Å². The second-order valence-electron chi connectivity index (χ2n) is 5.13. The Morgan fingerprint density at radius 3 is 3.11 bits per heavy atom. The number of aromatic nitrogens is 4. The molecule has 2 aliphatic rings. The lowest BCUT2D eigenvalue weighted by molar-refractivity contribution is -0.138. The summed E-state index contributed by atoms with van der Waals surface area (Å²) in [5, 5.41) is 21.0. The molecule has 0 radical (unpaired) electrons. The molecule has 0 amide bonds. The number of hydrogen-bond donors (Lipinski definition) is 1. The summed E-state index contributed by atoms with van der Waals surface area (Å²) in [6, 6.07) is 0. The van der Waals surface area contributed by atoms with Crippen molar-refractivity contribution in [2.75, 3.05) is 6.61 Å². The highest BCUT2D eigenvalue weighted by molar-refractivity contribution is 7.99. The summed E-state index contributed by atoms with van der Waals surface area (Å²) < 4.78 is 7.22. The molecule has 3 rings (SSSR count). The van der Waals surface area contributed by atoms with Crippen LogP contribution in [0.25, 0.3) is 0 Å². The second-order valence-corrected chi connectivity index (χ2v) is 6.40. The molecule has 1 unspecified atom stereocenters. The molecule has 0 bridgehead atoms. The molecular formula is C11H16N4O3S. The minimum atomic E-state index is -0.934. The predicted octanol–water partition coefficient (Wildman–Crippen LogP) is 0.951. The van der Waals surface area contributed by atoms with Crippen LogP contribution in [0.5, 0.6) is 0 Å².